The first-order chi connectivity index (χ1) is 8.17. The van der Waals surface area contributed by atoms with Crippen LogP contribution in [-0.4, -0.2) is 33.0 Å². The number of nitrogens with two attached hydrogens (primary N) is 1. The lowest BCUT2D eigenvalue weighted by Crippen LogP contribution is -2.15. The first kappa shape index (κ1) is 13.8. The van der Waals surface area contributed by atoms with E-state index < -0.39 is 6.04 Å². The van der Waals surface area contributed by atoms with Gasteiger partial charge in [-0.15, -0.1) is 0 Å². The van der Waals surface area contributed by atoms with Crippen molar-refractivity contribution in [2.24, 2.45) is 5.73 Å². The summed E-state index contributed by atoms with van der Waals surface area (Å²) in [6.07, 6.45) is 0. The van der Waals surface area contributed by atoms with E-state index >= 15 is 0 Å². The Morgan fingerprint density at radius 2 is 1.94 bits per heavy atom. The molecule has 1 rings (SSSR count). The molecule has 96 valence electrons. The summed E-state index contributed by atoms with van der Waals surface area (Å²) < 4.78 is 15.6. The van der Waals surface area contributed by atoms with Crippen molar-refractivity contribution in [3.05, 3.63) is 23.3 Å². The summed E-state index contributed by atoms with van der Waals surface area (Å²) in [5.74, 6) is 1.21. The topological polar surface area (TPSA) is 73.9 Å². The summed E-state index contributed by atoms with van der Waals surface area (Å²) in [7, 11) is 4.73. The molecule has 0 fully saturated rings. The van der Waals surface area contributed by atoms with Crippen LogP contribution >= 0.6 is 0 Å². The minimum atomic E-state index is -0.439. The number of rotatable bonds is 6. The molecule has 0 aliphatic heterocycles. The van der Waals surface area contributed by atoms with Crippen LogP contribution < -0.4 is 15.2 Å². The summed E-state index contributed by atoms with van der Waals surface area (Å²) >= 11 is 0. The zero-order valence-electron chi connectivity index (χ0n) is 10.4. The van der Waals surface area contributed by atoms with E-state index in [2.05, 4.69) is 0 Å². The second-order valence-corrected chi connectivity index (χ2v) is 3.64. The number of hydrogen-bond donors (Lipinski definition) is 2. The van der Waals surface area contributed by atoms with Crippen LogP contribution in [0, 0.1) is 0 Å². The molecule has 0 amide bonds. The van der Waals surface area contributed by atoms with Crippen LogP contribution in [0.5, 0.6) is 11.5 Å². The van der Waals surface area contributed by atoms with Crippen molar-refractivity contribution in [2.75, 3.05) is 27.9 Å². The molecule has 17 heavy (non-hydrogen) atoms. The molecule has 1 atom stereocenters. The van der Waals surface area contributed by atoms with Crippen LogP contribution in [0.25, 0.3) is 0 Å². The zero-order chi connectivity index (χ0) is 12.8. The lowest BCUT2D eigenvalue weighted by molar-refractivity contribution is 0.180. The zero-order valence-corrected chi connectivity index (χ0v) is 10.4. The number of aliphatic hydroxyl groups is 1. The van der Waals surface area contributed by atoms with Gasteiger partial charge >= 0.3 is 0 Å². The van der Waals surface area contributed by atoms with Gasteiger partial charge in [-0.2, -0.15) is 0 Å². The molecule has 0 aromatic heterocycles. The molecule has 1 aromatic carbocycles. The number of methoxy groups -OCH3 is 3. The van der Waals surface area contributed by atoms with Gasteiger partial charge in [-0.3, -0.25) is 0 Å². The van der Waals surface area contributed by atoms with Gasteiger partial charge in [-0.25, -0.2) is 0 Å². The predicted octanol–water partition coefficient (Wildman–Crippen LogP) is 0.842. The molecule has 0 saturated carbocycles. The van der Waals surface area contributed by atoms with E-state index in [1.54, 1.807) is 27.4 Å². The van der Waals surface area contributed by atoms with Gasteiger partial charge in [0.2, 0.25) is 0 Å². The standard InChI is InChI=1S/C12H19NO4/c1-15-7-9-4-8(10(13)6-14)5-11(16-2)12(9)17-3/h4-5,10,14H,6-7,13H2,1-3H3. The Kier molecular flexibility index (Phi) is 5.21. The van der Waals surface area contributed by atoms with E-state index in [1.807, 2.05) is 6.07 Å². The molecule has 1 aromatic rings. The normalized spacial score (nSPS) is 12.3. The molecule has 0 saturated heterocycles. The summed E-state index contributed by atoms with van der Waals surface area (Å²) in [4.78, 5) is 0. The maximum Gasteiger partial charge on any atom is 0.166 e. The maximum atomic E-state index is 9.07. The van der Waals surface area contributed by atoms with Gasteiger partial charge in [0.25, 0.3) is 0 Å². The van der Waals surface area contributed by atoms with E-state index in [0.717, 1.165) is 11.1 Å². The van der Waals surface area contributed by atoms with Crippen LogP contribution in [0.4, 0.5) is 0 Å². The molecular formula is C12H19NO4. The molecule has 0 heterocycles. The molecule has 0 aliphatic carbocycles. The fourth-order valence-electron chi connectivity index (χ4n) is 1.65. The third-order valence-corrected chi connectivity index (χ3v) is 2.50. The quantitative estimate of drug-likeness (QED) is 0.772. The third kappa shape index (κ3) is 3.09. The smallest absolute Gasteiger partial charge is 0.166 e. The van der Waals surface area contributed by atoms with E-state index in [1.165, 1.54) is 0 Å². The van der Waals surface area contributed by atoms with Crippen LogP contribution in [0.2, 0.25) is 0 Å². The van der Waals surface area contributed by atoms with Crippen LogP contribution in [-0.2, 0) is 11.3 Å². The Morgan fingerprint density at radius 3 is 2.41 bits per heavy atom. The highest BCUT2D eigenvalue weighted by atomic mass is 16.5. The Bertz CT molecular complexity index is 368. The second kappa shape index (κ2) is 6.44. The van der Waals surface area contributed by atoms with Crippen molar-refractivity contribution in [3.63, 3.8) is 0 Å². The number of hydrogen-bond acceptors (Lipinski definition) is 5. The van der Waals surface area contributed by atoms with Crippen molar-refractivity contribution < 1.29 is 19.3 Å². The Hall–Kier alpha value is -1.30. The molecule has 3 N–H and O–H groups in total. The minimum Gasteiger partial charge on any atom is -0.493 e. The first-order valence-electron chi connectivity index (χ1n) is 5.28. The van der Waals surface area contributed by atoms with E-state index in [0.29, 0.717) is 18.1 Å². The van der Waals surface area contributed by atoms with Crippen molar-refractivity contribution in [2.45, 2.75) is 12.6 Å². The highest BCUT2D eigenvalue weighted by molar-refractivity contribution is 5.50. The highest BCUT2D eigenvalue weighted by Crippen LogP contribution is 2.34. The average Bonchev–Trinajstić information content (AvgIpc) is 2.37. The summed E-state index contributed by atoms with van der Waals surface area (Å²) in [6.45, 7) is 0.271. The van der Waals surface area contributed by atoms with Gasteiger partial charge in [0, 0.05) is 12.7 Å². The molecule has 0 aliphatic rings. The predicted molar refractivity (Wildman–Crippen MR) is 64.3 cm³/mol. The highest BCUT2D eigenvalue weighted by Gasteiger charge is 2.15. The fourth-order valence-corrected chi connectivity index (χ4v) is 1.65. The van der Waals surface area contributed by atoms with Gasteiger partial charge in [0.15, 0.2) is 11.5 Å². The van der Waals surface area contributed by atoms with E-state index in [-0.39, 0.29) is 6.61 Å². The number of aliphatic hydroxyl groups excluding tert-OH is 1. The average molecular weight is 241 g/mol. The maximum absolute atomic E-state index is 9.07. The molecular weight excluding hydrogens is 222 g/mol. The molecule has 0 spiro atoms. The Balaban J connectivity index is 3.24. The largest absolute Gasteiger partial charge is 0.493 e. The van der Waals surface area contributed by atoms with Crippen molar-refractivity contribution >= 4 is 0 Å². The summed E-state index contributed by atoms with van der Waals surface area (Å²) in [5, 5.41) is 9.07. The van der Waals surface area contributed by atoms with Gasteiger partial charge < -0.3 is 25.1 Å². The van der Waals surface area contributed by atoms with Crippen LogP contribution in [0.3, 0.4) is 0 Å². The molecule has 0 bridgehead atoms. The lowest BCUT2D eigenvalue weighted by atomic mass is 10.0. The van der Waals surface area contributed by atoms with Gasteiger partial charge in [-0.1, -0.05) is 0 Å². The fraction of sp³-hybridized carbons (Fsp3) is 0.500. The third-order valence-electron chi connectivity index (χ3n) is 2.50. The molecule has 5 heteroatoms. The SMILES string of the molecule is COCc1cc(C(N)CO)cc(OC)c1OC. The molecule has 0 radical (unpaired) electrons. The summed E-state index contributed by atoms with van der Waals surface area (Å²) in [5.41, 5.74) is 7.42. The molecule has 5 nitrogen and oxygen atoms in total. The van der Waals surface area contributed by atoms with Crippen molar-refractivity contribution in [3.8, 4) is 11.5 Å². The monoisotopic (exact) mass is 241 g/mol. The van der Waals surface area contributed by atoms with Crippen molar-refractivity contribution in [1.29, 1.82) is 0 Å². The first-order valence-corrected chi connectivity index (χ1v) is 5.28. The van der Waals surface area contributed by atoms with E-state index in [9.17, 15) is 0 Å². The Morgan fingerprint density at radius 1 is 1.24 bits per heavy atom. The van der Waals surface area contributed by atoms with Gasteiger partial charge in [0.05, 0.1) is 33.5 Å². The number of ether oxygens (including phenoxy) is 3. The van der Waals surface area contributed by atoms with Crippen LogP contribution in [0.1, 0.15) is 17.2 Å². The summed E-state index contributed by atoms with van der Waals surface area (Å²) in [6, 6.07) is 3.18. The van der Waals surface area contributed by atoms with Gasteiger partial charge in [-0.05, 0) is 17.7 Å². The minimum absolute atomic E-state index is 0.123. The van der Waals surface area contributed by atoms with Crippen molar-refractivity contribution in [1.82, 2.24) is 0 Å². The lowest BCUT2D eigenvalue weighted by Gasteiger charge is -2.17. The Labute approximate surface area is 101 Å². The van der Waals surface area contributed by atoms with Gasteiger partial charge in [0.1, 0.15) is 0 Å². The van der Waals surface area contributed by atoms with E-state index in [4.69, 9.17) is 25.1 Å². The van der Waals surface area contributed by atoms with Crippen LogP contribution in [0.15, 0.2) is 12.1 Å². The second-order valence-electron chi connectivity index (χ2n) is 3.64. The molecule has 1 unspecified atom stereocenters. The number of benzene rings is 1.